The third-order valence-electron chi connectivity index (χ3n) is 4.41. The van der Waals surface area contributed by atoms with Crippen molar-refractivity contribution in [2.75, 3.05) is 33.6 Å². The van der Waals surface area contributed by atoms with E-state index in [-0.39, 0.29) is 23.5 Å². The molecule has 2 heterocycles. The number of nitrogens with zero attached hydrogens (tertiary/aromatic N) is 3. The third-order valence-corrected chi connectivity index (χ3v) is 6.16. The standard InChI is InChI=1S/C18H23N5O3S/c1-3-23(16-8-9-27(25,26)11-16)18-10-17(19-12-20-18)22-15-6-4-14(5-7-15)21-13(2)24/h4-7,10,12,16H,3,8-9,11H2,1-2H3,(H,21,24)(H,19,20,22). The maximum absolute atomic E-state index is 11.8. The molecule has 0 bridgehead atoms. The van der Waals surface area contributed by atoms with Gasteiger partial charge in [0.2, 0.25) is 5.91 Å². The number of amides is 1. The van der Waals surface area contributed by atoms with Gasteiger partial charge in [-0.15, -0.1) is 0 Å². The van der Waals surface area contributed by atoms with E-state index in [0.29, 0.717) is 24.6 Å². The monoisotopic (exact) mass is 389 g/mol. The molecular weight excluding hydrogens is 366 g/mol. The summed E-state index contributed by atoms with van der Waals surface area (Å²) in [5, 5.41) is 5.92. The molecule has 0 aliphatic carbocycles. The first-order valence-corrected chi connectivity index (χ1v) is 10.6. The molecule has 1 aliphatic rings. The highest BCUT2D eigenvalue weighted by atomic mass is 32.2. The lowest BCUT2D eigenvalue weighted by Crippen LogP contribution is -2.36. The normalized spacial score (nSPS) is 18.1. The molecule has 1 aromatic heterocycles. The highest BCUT2D eigenvalue weighted by Gasteiger charge is 2.32. The van der Waals surface area contributed by atoms with Crippen molar-refractivity contribution < 1.29 is 13.2 Å². The second-order valence-corrected chi connectivity index (χ2v) is 8.72. The molecule has 1 fully saturated rings. The number of hydrogen-bond acceptors (Lipinski definition) is 7. The summed E-state index contributed by atoms with van der Waals surface area (Å²) >= 11 is 0. The second kappa shape index (κ2) is 7.91. The zero-order valence-corrected chi connectivity index (χ0v) is 16.2. The molecule has 3 rings (SSSR count). The maximum atomic E-state index is 11.8. The third kappa shape index (κ3) is 4.94. The number of hydrogen-bond donors (Lipinski definition) is 2. The van der Waals surface area contributed by atoms with Crippen molar-refractivity contribution in [1.29, 1.82) is 0 Å². The van der Waals surface area contributed by atoms with Crippen molar-refractivity contribution in [1.82, 2.24) is 9.97 Å². The highest BCUT2D eigenvalue weighted by Crippen LogP contribution is 2.25. The maximum Gasteiger partial charge on any atom is 0.221 e. The topological polar surface area (TPSA) is 104 Å². The van der Waals surface area contributed by atoms with Gasteiger partial charge in [-0.1, -0.05) is 0 Å². The quantitative estimate of drug-likeness (QED) is 0.780. The number of benzene rings is 1. The lowest BCUT2D eigenvalue weighted by Gasteiger charge is -2.28. The van der Waals surface area contributed by atoms with Crippen molar-refractivity contribution in [3.05, 3.63) is 36.7 Å². The van der Waals surface area contributed by atoms with E-state index in [9.17, 15) is 13.2 Å². The molecule has 1 saturated heterocycles. The molecule has 0 spiro atoms. The van der Waals surface area contributed by atoms with Gasteiger partial charge in [-0.3, -0.25) is 4.79 Å². The van der Waals surface area contributed by atoms with Crippen molar-refractivity contribution in [2.24, 2.45) is 0 Å². The first-order valence-electron chi connectivity index (χ1n) is 8.80. The zero-order chi connectivity index (χ0) is 19.4. The van der Waals surface area contributed by atoms with E-state index in [4.69, 9.17) is 0 Å². The summed E-state index contributed by atoms with van der Waals surface area (Å²) < 4.78 is 23.6. The van der Waals surface area contributed by atoms with Gasteiger partial charge in [0.25, 0.3) is 0 Å². The van der Waals surface area contributed by atoms with Crippen molar-refractivity contribution in [3.63, 3.8) is 0 Å². The van der Waals surface area contributed by atoms with E-state index < -0.39 is 9.84 Å². The molecule has 2 aromatic rings. The predicted octanol–water partition coefficient (Wildman–Crippen LogP) is 2.19. The molecule has 1 amide bonds. The van der Waals surface area contributed by atoms with Gasteiger partial charge in [0.15, 0.2) is 9.84 Å². The number of rotatable bonds is 6. The fourth-order valence-electron chi connectivity index (χ4n) is 3.19. The van der Waals surface area contributed by atoms with Crippen LogP contribution in [0.5, 0.6) is 0 Å². The summed E-state index contributed by atoms with van der Waals surface area (Å²) in [5.74, 6) is 1.59. The van der Waals surface area contributed by atoms with Crippen LogP contribution in [0.25, 0.3) is 0 Å². The SMILES string of the molecule is CCN(c1cc(Nc2ccc(NC(C)=O)cc2)ncn1)C1CCS(=O)(=O)C1. The Morgan fingerprint density at radius 3 is 2.52 bits per heavy atom. The minimum atomic E-state index is -2.96. The lowest BCUT2D eigenvalue weighted by molar-refractivity contribution is -0.114. The summed E-state index contributed by atoms with van der Waals surface area (Å²) in [4.78, 5) is 21.7. The molecular formula is C18H23N5O3S. The second-order valence-electron chi connectivity index (χ2n) is 6.49. The van der Waals surface area contributed by atoms with Crippen LogP contribution < -0.4 is 15.5 Å². The summed E-state index contributed by atoms with van der Waals surface area (Å²) in [5.41, 5.74) is 1.54. The van der Waals surface area contributed by atoms with Crippen LogP contribution in [0.4, 0.5) is 23.0 Å². The number of carbonyl (C=O) groups is 1. The smallest absolute Gasteiger partial charge is 0.221 e. The summed E-state index contributed by atoms with van der Waals surface area (Å²) in [6.45, 7) is 4.12. The Balaban J connectivity index is 1.74. The Morgan fingerprint density at radius 2 is 1.93 bits per heavy atom. The van der Waals surface area contributed by atoms with E-state index in [2.05, 4.69) is 20.6 Å². The van der Waals surface area contributed by atoms with Gasteiger partial charge < -0.3 is 15.5 Å². The number of nitrogens with one attached hydrogen (secondary N) is 2. The van der Waals surface area contributed by atoms with E-state index in [1.54, 1.807) is 12.1 Å². The molecule has 2 N–H and O–H groups in total. The molecule has 0 radical (unpaired) electrons. The van der Waals surface area contributed by atoms with Crippen LogP contribution in [-0.4, -0.2) is 48.4 Å². The van der Waals surface area contributed by atoms with E-state index in [1.807, 2.05) is 30.0 Å². The first kappa shape index (κ1) is 19.1. The van der Waals surface area contributed by atoms with Crippen molar-refractivity contribution in [2.45, 2.75) is 26.3 Å². The molecule has 9 heteroatoms. The van der Waals surface area contributed by atoms with Crippen molar-refractivity contribution >= 4 is 38.8 Å². The van der Waals surface area contributed by atoms with Gasteiger partial charge >= 0.3 is 0 Å². The first-order chi connectivity index (χ1) is 12.9. The van der Waals surface area contributed by atoms with Crippen LogP contribution in [0.3, 0.4) is 0 Å². The van der Waals surface area contributed by atoms with Crippen LogP contribution in [-0.2, 0) is 14.6 Å². The molecule has 8 nitrogen and oxygen atoms in total. The number of aromatic nitrogens is 2. The Hall–Kier alpha value is -2.68. The fourth-order valence-corrected chi connectivity index (χ4v) is 4.92. The Morgan fingerprint density at radius 1 is 1.22 bits per heavy atom. The van der Waals surface area contributed by atoms with Gasteiger partial charge in [0.05, 0.1) is 11.5 Å². The average molecular weight is 389 g/mol. The van der Waals surface area contributed by atoms with Crippen LogP contribution in [0.1, 0.15) is 20.3 Å². The van der Waals surface area contributed by atoms with Crippen LogP contribution in [0, 0.1) is 0 Å². The largest absolute Gasteiger partial charge is 0.353 e. The van der Waals surface area contributed by atoms with Gasteiger partial charge in [-0.05, 0) is 37.6 Å². The van der Waals surface area contributed by atoms with Gasteiger partial charge in [-0.2, -0.15) is 0 Å². The molecule has 144 valence electrons. The Bertz CT molecular complexity index is 915. The minimum absolute atomic E-state index is 0.0558. The van der Waals surface area contributed by atoms with Gasteiger partial charge in [-0.25, -0.2) is 18.4 Å². The minimum Gasteiger partial charge on any atom is -0.353 e. The van der Waals surface area contributed by atoms with E-state index >= 15 is 0 Å². The van der Waals surface area contributed by atoms with Crippen molar-refractivity contribution in [3.8, 4) is 0 Å². The van der Waals surface area contributed by atoms with E-state index in [1.165, 1.54) is 13.3 Å². The summed E-state index contributed by atoms with van der Waals surface area (Å²) in [6, 6.07) is 9.04. The lowest BCUT2D eigenvalue weighted by atomic mass is 10.2. The van der Waals surface area contributed by atoms with Gasteiger partial charge in [0, 0.05) is 37.0 Å². The molecule has 1 aliphatic heterocycles. The molecule has 1 unspecified atom stereocenters. The van der Waals surface area contributed by atoms with Crippen LogP contribution in [0.15, 0.2) is 36.7 Å². The number of anilines is 4. The molecule has 1 aromatic carbocycles. The summed E-state index contributed by atoms with van der Waals surface area (Å²) in [6.07, 6.45) is 2.09. The molecule has 0 saturated carbocycles. The zero-order valence-electron chi connectivity index (χ0n) is 15.3. The highest BCUT2D eigenvalue weighted by molar-refractivity contribution is 7.91. The molecule has 27 heavy (non-hydrogen) atoms. The Labute approximate surface area is 158 Å². The number of sulfone groups is 1. The number of carbonyl (C=O) groups excluding carboxylic acids is 1. The Kier molecular flexibility index (Phi) is 5.59. The fraction of sp³-hybridized carbons (Fsp3) is 0.389. The van der Waals surface area contributed by atoms with Crippen LogP contribution in [0.2, 0.25) is 0 Å². The van der Waals surface area contributed by atoms with Crippen LogP contribution >= 0.6 is 0 Å². The summed E-state index contributed by atoms with van der Waals surface area (Å²) in [7, 11) is -2.96. The predicted molar refractivity (Wildman–Crippen MR) is 106 cm³/mol. The molecule has 1 atom stereocenters. The van der Waals surface area contributed by atoms with E-state index in [0.717, 1.165) is 11.4 Å². The van der Waals surface area contributed by atoms with Gasteiger partial charge in [0.1, 0.15) is 18.0 Å². The average Bonchev–Trinajstić information content (AvgIpc) is 2.97.